The van der Waals surface area contributed by atoms with Gasteiger partial charge in [0.1, 0.15) is 23.3 Å². The maximum absolute atomic E-state index is 13.8. The molecule has 0 spiro atoms. The van der Waals surface area contributed by atoms with Crippen molar-refractivity contribution in [3.8, 4) is 29.4 Å². The zero-order chi connectivity index (χ0) is 68.3. The molecule has 4 aliphatic rings. The lowest BCUT2D eigenvalue weighted by molar-refractivity contribution is -0.142. The molecule has 0 aliphatic carbocycles. The number of hydrogen-bond donors (Lipinski definition) is 0. The fourth-order valence-electron chi connectivity index (χ4n) is 12.6. The minimum absolute atomic E-state index is 0.00398. The van der Waals surface area contributed by atoms with Gasteiger partial charge in [-0.1, -0.05) is 246 Å². The number of amides is 4. The van der Waals surface area contributed by atoms with E-state index in [9.17, 15) is 29.7 Å². The lowest BCUT2D eigenvalue weighted by Crippen LogP contribution is -2.43. The van der Waals surface area contributed by atoms with Gasteiger partial charge >= 0.3 is 0 Å². The van der Waals surface area contributed by atoms with Gasteiger partial charge in [-0.25, -0.2) is 0 Å². The number of carbonyl (C=O) groups excluding carboxylic acids is 4. The van der Waals surface area contributed by atoms with Crippen molar-refractivity contribution in [2.24, 2.45) is 0 Å². The summed E-state index contributed by atoms with van der Waals surface area (Å²) in [6, 6.07) is 6.38. The van der Waals surface area contributed by atoms with Crippen molar-refractivity contribution >= 4 is 23.6 Å². The average molecular weight is 1300 g/mol. The molecule has 520 valence electrons. The number of imide groups is 2. The number of benzene rings is 1. The molecule has 5 rings (SSSR count). The predicted octanol–water partition coefficient (Wildman–Crippen LogP) is 20.8. The molecule has 0 bridgehead atoms. The third kappa shape index (κ3) is 27.1. The zero-order valence-electron chi connectivity index (χ0n) is 60.0. The molecular formula is C82H120N6O7. The van der Waals surface area contributed by atoms with Crippen molar-refractivity contribution < 1.29 is 33.4 Å². The number of unbranched alkanes of at least 4 members (excludes halogenated alkanes) is 31. The SMILES string of the molecule is CCCCCCCCCCCCOc1c(CN2C=CC(=C/C=C3\C(=O)N(CCCCC)C(=O)C(C#N)=C3C)C=C2)cc(CN2C=CC(=C/C=C3\C(=O)N(CCCCC)C(=O)C(C#N)=C3C)C=C2)c(OCCCCCCCCCCCC)c1OCCCCCCCCCCCC. The second kappa shape index (κ2) is 46.9. The van der Waals surface area contributed by atoms with Crippen LogP contribution in [-0.4, -0.2) is 76.1 Å². The van der Waals surface area contributed by atoms with Gasteiger partial charge in [0.2, 0.25) is 5.75 Å². The van der Waals surface area contributed by atoms with E-state index in [1.807, 2.05) is 61.3 Å². The lowest BCUT2D eigenvalue weighted by Gasteiger charge is -2.28. The van der Waals surface area contributed by atoms with E-state index < -0.39 is 11.8 Å². The molecule has 0 fully saturated rings. The molecular weight excluding hydrogens is 1180 g/mol. The second-order valence-corrected chi connectivity index (χ2v) is 26.5. The van der Waals surface area contributed by atoms with Gasteiger partial charge in [-0.05, 0) is 111 Å². The van der Waals surface area contributed by atoms with Gasteiger partial charge in [-0.2, -0.15) is 10.5 Å². The van der Waals surface area contributed by atoms with Crippen LogP contribution in [0.4, 0.5) is 0 Å². The van der Waals surface area contributed by atoms with E-state index in [0.717, 1.165) is 86.5 Å². The molecule has 13 nitrogen and oxygen atoms in total. The van der Waals surface area contributed by atoms with Crippen LogP contribution in [0.5, 0.6) is 17.2 Å². The van der Waals surface area contributed by atoms with Crippen molar-refractivity contribution in [1.82, 2.24) is 19.6 Å². The molecule has 0 saturated carbocycles. The first kappa shape index (κ1) is 78.6. The van der Waals surface area contributed by atoms with Crippen molar-refractivity contribution in [2.75, 3.05) is 32.9 Å². The minimum Gasteiger partial charge on any atom is -0.489 e. The number of ether oxygens (including phenoxy) is 3. The van der Waals surface area contributed by atoms with Crippen molar-refractivity contribution in [2.45, 2.75) is 293 Å². The molecule has 1 aromatic rings. The number of hydrogen-bond acceptors (Lipinski definition) is 11. The molecule has 0 N–H and O–H groups in total. The average Bonchev–Trinajstić information content (AvgIpc) is 0.813. The van der Waals surface area contributed by atoms with E-state index in [4.69, 9.17) is 14.2 Å². The molecule has 0 saturated heterocycles. The summed E-state index contributed by atoms with van der Waals surface area (Å²) in [5.74, 6) is 0.273. The fraction of sp³-hybridized carbons (Fsp3) is 0.610. The third-order valence-corrected chi connectivity index (χ3v) is 18.6. The number of carbonyl (C=O) groups is 4. The Morgan fingerprint density at radius 3 is 0.926 bits per heavy atom. The standard InChI is InChI=1S/C82H120N6O7/c1-8-13-18-21-24-27-30-33-36-41-58-93-76-70(64-85-54-48-68(49-55-85)44-46-72-66(6)74(62-83)81(91)87(79(72)89)52-39-16-11-4)61-71(65-86-56-50-69(51-57-86)45-47-73-67(7)75(63-84)82(92)88(80(73)90)53-40-17-12-5)77(94-59-42-37-34-31-28-25-22-19-14-9-2)78(76)95-60-43-38-35-32-29-26-23-20-15-10-3/h44-51,54-57,61H,8-43,52-53,58-60,64-65H2,1-7H3/b72-46-,73-47-. The van der Waals surface area contributed by atoms with E-state index in [1.54, 1.807) is 26.0 Å². The summed E-state index contributed by atoms with van der Waals surface area (Å²) in [6.07, 6.45) is 65.0. The highest BCUT2D eigenvalue weighted by Gasteiger charge is 2.36. The number of nitrogens with zero attached hydrogens (tertiary/aromatic N) is 6. The summed E-state index contributed by atoms with van der Waals surface area (Å²) in [5, 5.41) is 20.0. The fourth-order valence-corrected chi connectivity index (χ4v) is 12.6. The van der Waals surface area contributed by atoms with Crippen molar-refractivity contribution in [3.05, 3.63) is 135 Å². The molecule has 0 aromatic heterocycles. The Bertz CT molecular complexity index is 2780. The summed E-state index contributed by atoms with van der Waals surface area (Å²) in [5.41, 5.74) is 5.11. The molecule has 0 radical (unpaired) electrons. The van der Waals surface area contributed by atoms with Crippen LogP contribution >= 0.6 is 0 Å². The van der Waals surface area contributed by atoms with Crippen LogP contribution < -0.4 is 14.2 Å². The topological polar surface area (TPSA) is 157 Å². The molecule has 0 unspecified atom stereocenters. The molecule has 13 heteroatoms. The van der Waals surface area contributed by atoms with Crippen LogP contribution in [0.3, 0.4) is 0 Å². The number of nitriles is 2. The van der Waals surface area contributed by atoms with E-state index in [-0.39, 0.29) is 36.1 Å². The first-order chi connectivity index (χ1) is 46.5. The van der Waals surface area contributed by atoms with Crippen molar-refractivity contribution in [3.63, 3.8) is 0 Å². The molecule has 95 heavy (non-hydrogen) atoms. The van der Waals surface area contributed by atoms with Crippen molar-refractivity contribution in [1.29, 1.82) is 10.5 Å². The Labute approximate surface area is 574 Å². The largest absolute Gasteiger partial charge is 0.489 e. The summed E-state index contributed by atoms with van der Waals surface area (Å²) < 4.78 is 21.3. The van der Waals surface area contributed by atoms with E-state index in [1.165, 1.54) is 164 Å². The third-order valence-electron chi connectivity index (χ3n) is 18.6. The Morgan fingerprint density at radius 1 is 0.358 bits per heavy atom. The highest BCUT2D eigenvalue weighted by Crippen LogP contribution is 2.46. The molecule has 0 atom stereocenters. The predicted molar refractivity (Wildman–Crippen MR) is 388 cm³/mol. The highest BCUT2D eigenvalue weighted by molar-refractivity contribution is 6.19. The lowest BCUT2D eigenvalue weighted by atomic mass is 9.94. The molecule has 4 amide bonds. The van der Waals surface area contributed by atoms with Gasteiger partial charge in [0.05, 0.1) is 32.9 Å². The van der Waals surface area contributed by atoms with Crippen LogP contribution in [0.15, 0.2) is 124 Å². The van der Waals surface area contributed by atoms with Crippen LogP contribution in [0.2, 0.25) is 0 Å². The Morgan fingerprint density at radius 2 is 0.632 bits per heavy atom. The maximum Gasteiger partial charge on any atom is 0.271 e. The van der Waals surface area contributed by atoms with E-state index in [0.29, 0.717) is 85.3 Å². The summed E-state index contributed by atoms with van der Waals surface area (Å²) >= 11 is 0. The summed E-state index contributed by atoms with van der Waals surface area (Å²) in [7, 11) is 0. The zero-order valence-corrected chi connectivity index (χ0v) is 60.0. The molecule has 4 aliphatic heterocycles. The first-order valence-electron chi connectivity index (χ1n) is 37.6. The first-order valence-corrected chi connectivity index (χ1v) is 37.6. The maximum atomic E-state index is 13.8. The van der Waals surface area contributed by atoms with Crippen LogP contribution in [0.1, 0.15) is 291 Å². The van der Waals surface area contributed by atoms with E-state index >= 15 is 0 Å². The number of allylic oxidation sites excluding steroid dienone is 10. The molecule has 1 aromatic carbocycles. The minimum atomic E-state index is -0.524. The van der Waals surface area contributed by atoms with Gasteiger partial charge in [0.15, 0.2) is 11.5 Å². The summed E-state index contributed by atoms with van der Waals surface area (Å²) in [6.45, 7) is 17.4. The summed E-state index contributed by atoms with van der Waals surface area (Å²) in [4.78, 5) is 60.9. The van der Waals surface area contributed by atoms with Gasteiger partial charge < -0.3 is 24.0 Å². The Balaban J connectivity index is 1.52. The Kier molecular flexibility index (Phi) is 38.8. The van der Waals surface area contributed by atoms with Crippen LogP contribution in [0.25, 0.3) is 0 Å². The van der Waals surface area contributed by atoms with Gasteiger partial charge in [-0.3, -0.25) is 29.0 Å². The highest BCUT2D eigenvalue weighted by atomic mass is 16.5. The normalized spacial score (nSPS) is 15.8. The smallest absolute Gasteiger partial charge is 0.271 e. The Hall–Kier alpha value is -7.12. The van der Waals surface area contributed by atoms with Crippen LogP contribution in [0, 0.1) is 22.7 Å². The van der Waals surface area contributed by atoms with Gasteiger partial charge in [0.25, 0.3) is 23.6 Å². The van der Waals surface area contributed by atoms with Gasteiger partial charge in [0, 0.05) is 60.2 Å². The van der Waals surface area contributed by atoms with E-state index in [2.05, 4.69) is 62.6 Å². The van der Waals surface area contributed by atoms with Gasteiger partial charge in [-0.15, -0.1) is 0 Å². The molecule has 4 heterocycles. The van der Waals surface area contributed by atoms with Crippen LogP contribution in [-0.2, 0) is 32.3 Å². The number of rotatable bonds is 50. The quantitative estimate of drug-likeness (QED) is 0.0347. The second-order valence-electron chi connectivity index (χ2n) is 26.5. The monoisotopic (exact) mass is 1300 g/mol.